The standard InChI is InChI=1S/C49H42BNO2/c1-47(2,52)48(3,4)53-50-37-21-15-16-33(30-37)34-26-29-46-42(31-34)40-23-12-14-25-45(40)51(46)38-27-28-44-41(32-38)39-22-11-13-24-43(39)49(44,35-17-7-5-8-18-35)36-19-9-6-10-20-36/h5-32,50,52H,1-4H3. The van der Waals surface area contributed by atoms with Crippen LogP contribution in [0.3, 0.4) is 0 Å². The molecule has 1 aromatic heterocycles. The maximum Gasteiger partial charge on any atom is 0.309 e. The molecule has 0 aliphatic heterocycles. The van der Waals surface area contributed by atoms with Crippen LogP contribution in [0.5, 0.6) is 0 Å². The largest absolute Gasteiger partial charge is 0.427 e. The quantitative estimate of drug-likeness (QED) is 0.161. The van der Waals surface area contributed by atoms with Gasteiger partial charge in [0.25, 0.3) is 0 Å². The summed E-state index contributed by atoms with van der Waals surface area (Å²) in [5, 5.41) is 13.0. The lowest BCUT2D eigenvalue weighted by Crippen LogP contribution is -2.49. The molecule has 258 valence electrons. The number of aliphatic hydroxyl groups is 1. The Morgan fingerprint density at radius 1 is 0.528 bits per heavy atom. The zero-order valence-corrected chi connectivity index (χ0v) is 30.7. The van der Waals surface area contributed by atoms with Crippen molar-refractivity contribution >= 4 is 34.8 Å². The summed E-state index contributed by atoms with van der Waals surface area (Å²) in [6, 6.07) is 62.1. The number of hydrogen-bond donors (Lipinski definition) is 1. The number of rotatable bonds is 8. The van der Waals surface area contributed by atoms with Gasteiger partial charge in [0, 0.05) is 16.5 Å². The van der Waals surface area contributed by atoms with Gasteiger partial charge in [-0.15, -0.1) is 0 Å². The van der Waals surface area contributed by atoms with Crippen molar-refractivity contribution in [2.24, 2.45) is 0 Å². The first-order valence-corrected chi connectivity index (χ1v) is 18.5. The molecular formula is C49H42BNO2. The van der Waals surface area contributed by atoms with E-state index in [0.717, 1.165) is 22.3 Å². The number of fused-ring (bicyclic) bond motifs is 6. The van der Waals surface area contributed by atoms with Crippen molar-refractivity contribution in [2.75, 3.05) is 0 Å². The summed E-state index contributed by atoms with van der Waals surface area (Å²) in [6.07, 6.45) is 0. The number of para-hydroxylation sites is 1. The summed E-state index contributed by atoms with van der Waals surface area (Å²) < 4.78 is 8.64. The fraction of sp³-hybridized carbons (Fsp3) is 0.143. The lowest BCUT2D eigenvalue weighted by molar-refractivity contribution is -0.0893. The number of aromatic nitrogens is 1. The highest BCUT2D eigenvalue weighted by molar-refractivity contribution is 6.47. The molecule has 1 N–H and O–H groups in total. The normalized spacial score (nSPS) is 13.6. The molecule has 1 aliphatic carbocycles. The first kappa shape index (κ1) is 33.2. The van der Waals surface area contributed by atoms with Crippen LogP contribution in [0.1, 0.15) is 49.9 Å². The Hall–Kier alpha value is -5.68. The molecule has 0 amide bonds. The summed E-state index contributed by atoms with van der Waals surface area (Å²) in [7, 11) is 0.420. The average molecular weight is 688 g/mol. The van der Waals surface area contributed by atoms with E-state index in [-0.39, 0.29) is 0 Å². The highest BCUT2D eigenvalue weighted by Gasteiger charge is 2.46. The Labute approximate surface area is 312 Å². The van der Waals surface area contributed by atoms with Gasteiger partial charge in [-0.3, -0.25) is 0 Å². The fourth-order valence-electron chi connectivity index (χ4n) is 8.29. The van der Waals surface area contributed by atoms with Crippen molar-refractivity contribution in [3.05, 3.63) is 192 Å². The van der Waals surface area contributed by atoms with E-state index in [1.807, 2.05) is 13.8 Å². The van der Waals surface area contributed by atoms with E-state index in [0.29, 0.717) is 7.48 Å². The second kappa shape index (κ2) is 12.5. The van der Waals surface area contributed by atoms with Crippen molar-refractivity contribution in [3.63, 3.8) is 0 Å². The Morgan fingerprint density at radius 2 is 1.15 bits per heavy atom. The molecule has 0 radical (unpaired) electrons. The molecule has 4 heteroatoms. The van der Waals surface area contributed by atoms with Gasteiger partial charge >= 0.3 is 7.48 Å². The van der Waals surface area contributed by atoms with E-state index in [1.165, 1.54) is 55.2 Å². The van der Waals surface area contributed by atoms with Crippen molar-refractivity contribution in [2.45, 2.75) is 44.3 Å². The Morgan fingerprint density at radius 3 is 1.89 bits per heavy atom. The van der Waals surface area contributed by atoms with Gasteiger partial charge in [-0.1, -0.05) is 145 Å². The highest BCUT2D eigenvalue weighted by Crippen LogP contribution is 2.56. The van der Waals surface area contributed by atoms with Crippen LogP contribution >= 0.6 is 0 Å². The summed E-state index contributed by atoms with van der Waals surface area (Å²) in [5.74, 6) is 0. The maximum atomic E-state index is 10.6. The molecule has 0 saturated heterocycles. The summed E-state index contributed by atoms with van der Waals surface area (Å²) in [4.78, 5) is 0. The van der Waals surface area contributed by atoms with Crippen molar-refractivity contribution in [1.29, 1.82) is 0 Å². The topological polar surface area (TPSA) is 34.4 Å². The fourth-order valence-corrected chi connectivity index (χ4v) is 8.29. The van der Waals surface area contributed by atoms with Gasteiger partial charge < -0.3 is 14.3 Å². The molecule has 0 saturated carbocycles. The van der Waals surface area contributed by atoms with E-state index in [1.54, 1.807) is 13.8 Å². The maximum absolute atomic E-state index is 10.6. The number of nitrogens with zero attached hydrogens (tertiary/aromatic N) is 1. The summed E-state index contributed by atoms with van der Waals surface area (Å²) >= 11 is 0. The lowest BCUT2D eigenvalue weighted by atomic mass is 9.68. The van der Waals surface area contributed by atoms with Gasteiger partial charge in [0.05, 0.1) is 27.7 Å². The van der Waals surface area contributed by atoms with Crippen LogP contribution in [-0.4, -0.2) is 28.4 Å². The lowest BCUT2D eigenvalue weighted by Gasteiger charge is -2.37. The van der Waals surface area contributed by atoms with Crippen LogP contribution in [0.4, 0.5) is 0 Å². The smallest absolute Gasteiger partial charge is 0.309 e. The Balaban J connectivity index is 1.18. The number of benzene rings is 7. The minimum absolute atomic E-state index is 0.420. The third kappa shape index (κ3) is 5.28. The zero-order chi connectivity index (χ0) is 36.4. The molecule has 53 heavy (non-hydrogen) atoms. The molecule has 9 rings (SSSR count). The van der Waals surface area contributed by atoms with Crippen LogP contribution in [0.15, 0.2) is 170 Å². The molecule has 8 aromatic rings. The van der Waals surface area contributed by atoms with Gasteiger partial charge in [0.15, 0.2) is 0 Å². The Bertz CT molecular complexity index is 2590. The molecule has 1 heterocycles. The van der Waals surface area contributed by atoms with E-state index in [9.17, 15) is 5.11 Å². The minimum Gasteiger partial charge on any atom is -0.427 e. The Kier molecular flexibility index (Phi) is 7.81. The van der Waals surface area contributed by atoms with E-state index in [4.69, 9.17) is 4.65 Å². The zero-order valence-electron chi connectivity index (χ0n) is 30.7. The molecule has 0 fully saturated rings. The van der Waals surface area contributed by atoms with Gasteiger partial charge in [0.2, 0.25) is 0 Å². The predicted molar refractivity (Wildman–Crippen MR) is 222 cm³/mol. The van der Waals surface area contributed by atoms with Crippen LogP contribution < -0.4 is 5.46 Å². The molecule has 0 unspecified atom stereocenters. The average Bonchev–Trinajstić information content (AvgIpc) is 3.68. The third-order valence-corrected chi connectivity index (χ3v) is 11.7. The highest BCUT2D eigenvalue weighted by atomic mass is 16.5. The first-order chi connectivity index (χ1) is 25.7. The van der Waals surface area contributed by atoms with Gasteiger partial charge in [0.1, 0.15) is 0 Å². The molecule has 0 spiro atoms. The molecule has 1 aliphatic rings. The van der Waals surface area contributed by atoms with Crippen LogP contribution in [-0.2, 0) is 10.1 Å². The molecular weight excluding hydrogens is 645 g/mol. The predicted octanol–water partition coefficient (Wildman–Crippen LogP) is 10.4. The second-order valence-electron chi connectivity index (χ2n) is 15.4. The van der Waals surface area contributed by atoms with Crippen molar-refractivity contribution in [3.8, 4) is 27.9 Å². The van der Waals surface area contributed by atoms with E-state index < -0.39 is 16.6 Å². The molecule has 7 aromatic carbocycles. The number of hydrogen-bond acceptors (Lipinski definition) is 2. The molecule has 0 atom stereocenters. The van der Waals surface area contributed by atoms with Crippen molar-refractivity contribution < 1.29 is 9.76 Å². The van der Waals surface area contributed by atoms with E-state index >= 15 is 0 Å². The van der Waals surface area contributed by atoms with E-state index in [2.05, 4.69) is 174 Å². The SMILES string of the molecule is CC(C)(O)C(C)(C)OBc1cccc(-c2ccc3c(c2)c2ccccc2n3-c2ccc3c(c2)-c2ccccc2C3(c2ccccc2)c2ccccc2)c1. The van der Waals surface area contributed by atoms with Crippen molar-refractivity contribution in [1.82, 2.24) is 4.57 Å². The second-order valence-corrected chi connectivity index (χ2v) is 15.4. The molecule has 3 nitrogen and oxygen atoms in total. The van der Waals surface area contributed by atoms with Crippen LogP contribution in [0, 0.1) is 0 Å². The first-order valence-electron chi connectivity index (χ1n) is 18.5. The van der Waals surface area contributed by atoms with Crippen LogP contribution in [0.2, 0.25) is 0 Å². The third-order valence-electron chi connectivity index (χ3n) is 11.7. The van der Waals surface area contributed by atoms with Gasteiger partial charge in [-0.2, -0.15) is 0 Å². The van der Waals surface area contributed by atoms with Gasteiger partial charge in [-0.25, -0.2) is 0 Å². The van der Waals surface area contributed by atoms with Crippen LogP contribution in [0.25, 0.3) is 49.7 Å². The molecule has 0 bridgehead atoms. The monoisotopic (exact) mass is 687 g/mol. The summed E-state index contributed by atoms with van der Waals surface area (Å²) in [6.45, 7) is 7.45. The minimum atomic E-state index is -0.959. The summed E-state index contributed by atoms with van der Waals surface area (Å²) in [5.41, 5.74) is 12.5. The van der Waals surface area contributed by atoms with Gasteiger partial charge in [-0.05, 0) is 103 Å².